The van der Waals surface area contributed by atoms with E-state index in [2.05, 4.69) is 13.8 Å². The Hall–Kier alpha value is -0.0800. The average molecular weight is 198 g/mol. The van der Waals surface area contributed by atoms with Gasteiger partial charge in [-0.2, -0.15) is 0 Å². The summed E-state index contributed by atoms with van der Waals surface area (Å²) in [5.74, 6) is 2.13. The summed E-state index contributed by atoms with van der Waals surface area (Å²) in [4.78, 5) is 0. The standard InChI is InChI=1S/C12H22O2/c1-8-3-10-5-9(2)12(14,7-13)11(4-8)6-10/h8-11,13-14H,3-7H2,1-2H3. The first-order valence-electron chi connectivity index (χ1n) is 5.89. The van der Waals surface area contributed by atoms with Crippen LogP contribution in [0.2, 0.25) is 0 Å². The molecule has 0 saturated heterocycles. The summed E-state index contributed by atoms with van der Waals surface area (Å²) in [6.07, 6.45) is 4.64. The minimum atomic E-state index is -0.787. The molecule has 0 heterocycles. The number of fused-ring (bicyclic) bond motifs is 2. The van der Waals surface area contributed by atoms with Crippen LogP contribution in [0.5, 0.6) is 0 Å². The maximum absolute atomic E-state index is 10.4. The molecule has 2 saturated carbocycles. The van der Waals surface area contributed by atoms with Gasteiger partial charge >= 0.3 is 0 Å². The van der Waals surface area contributed by atoms with Crippen molar-refractivity contribution in [1.82, 2.24) is 0 Å². The van der Waals surface area contributed by atoms with E-state index in [9.17, 15) is 10.2 Å². The molecular weight excluding hydrogens is 176 g/mol. The monoisotopic (exact) mass is 198 g/mol. The van der Waals surface area contributed by atoms with Crippen molar-refractivity contribution in [3.05, 3.63) is 0 Å². The van der Waals surface area contributed by atoms with Gasteiger partial charge in [0.1, 0.15) is 0 Å². The lowest BCUT2D eigenvalue weighted by Crippen LogP contribution is -2.54. The molecule has 2 rings (SSSR count). The second-order valence-corrected chi connectivity index (χ2v) is 5.66. The molecule has 82 valence electrons. The van der Waals surface area contributed by atoms with Gasteiger partial charge in [0.05, 0.1) is 12.2 Å². The molecule has 0 spiro atoms. The van der Waals surface area contributed by atoms with Crippen LogP contribution in [0.4, 0.5) is 0 Å². The van der Waals surface area contributed by atoms with Crippen molar-refractivity contribution in [2.45, 2.75) is 45.1 Å². The molecule has 2 aliphatic rings. The lowest BCUT2D eigenvalue weighted by Gasteiger charge is -2.51. The van der Waals surface area contributed by atoms with Gasteiger partial charge in [0.15, 0.2) is 0 Å². The van der Waals surface area contributed by atoms with Gasteiger partial charge in [-0.1, -0.05) is 13.8 Å². The fourth-order valence-corrected chi connectivity index (χ4v) is 3.74. The minimum Gasteiger partial charge on any atom is -0.393 e. The Morgan fingerprint density at radius 1 is 1.14 bits per heavy atom. The zero-order chi connectivity index (χ0) is 10.3. The molecule has 0 radical (unpaired) electrons. The van der Waals surface area contributed by atoms with Gasteiger partial charge in [-0.25, -0.2) is 0 Å². The van der Waals surface area contributed by atoms with Gasteiger partial charge in [0.2, 0.25) is 0 Å². The minimum absolute atomic E-state index is 0.0573. The molecule has 0 aliphatic heterocycles. The highest BCUT2D eigenvalue weighted by Gasteiger charge is 2.49. The summed E-state index contributed by atoms with van der Waals surface area (Å²) in [5.41, 5.74) is -0.787. The predicted molar refractivity (Wildman–Crippen MR) is 55.8 cm³/mol. The Labute approximate surface area is 86.3 Å². The molecule has 2 bridgehead atoms. The van der Waals surface area contributed by atoms with E-state index in [-0.39, 0.29) is 12.5 Å². The van der Waals surface area contributed by atoms with Crippen LogP contribution >= 0.6 is 0 Å². The Kier molecular flexibility index (Phi) is 2.61. The average Bonchev–Trinajstić information content (AvgIpc) is 2.13. The van der Waals surface area contributed by atoms with Gasteiger partial charge in [-0.3, -0.25) is 0 Å². The number of hydrogen-bond acceptors (Lipinski definition) is 2. The lowest BCUT2D eigenvalue weighted by molar-refractivity contribution is -0.150. The van der Waals surface area contributed by atoms with Crippen molar-refractivity contribution < 1.29 is 10.2 Å². The van der Waals surface area contributed by atoms with E-state index >= 15 is 0 Å². The Morgan fingerprint density at radius 2 is 1.86 bits per heavy atom. The van der Waals surface area contributed by atoms with Crippen molar-refractivity contribution in [3.63, 3.8) is 0 Å². The molecule has 0 amide bonds. The molecule has 2 heteroatoms. The van der Waals surface area contributed by atoms with E-state index in [0.29, 0.717) is 5.92 Å². The van der Waals surface area contributed by atoms with E-state index in [1.807, 2.05) is 0 Å². The van der Waals surface area contributed by atoms with Gasteiger partial charge in [0.25, 0.3) is 0 Å². The van der Waals surface area contributed by atoms with Crippen LogP contribution in [-0.4, -0.2) is 22.4 Å². The molecule has 5 unspecified atom stereocenters. The van der Waals surface area contributed by atoms with Crippen LogP contribution in [0.1, 0.15) is 39.5 Å². The first-order valence-corrected chi connectivity index (χ1v) is 5.89. The highest BCUT2D eigenvalue weighted by Crippen LogP contribution is 2.49. The van der Waals surface area contributed by atoms with E-state index in [1.54, 1.807) is 0 Å². The molecule has 2 aliphatic carbocycles. The number of aliphatic hydroxyl groups is 2. The first kappa shape index (κ1) is 10.4. The third kappa shape index (κ3) is 1.49. The van der Waals surface area contributed by atoms with Crippen LogP contribution in [0, 0.1) is 23.7 Å². The Bertz CT molecular complexity index is 212. The zero-order valence-corrected chi connectivity index (χ0v) is 9.24. The Morgan fingerprint density at radius 3 is 2.50 bits per heavy atom. The fourth-order valence-electron chi connectivity index (χ4n) is 3.74. The van der Waals surface area contributed by atoms with E-state index in [1.165, 1.54) is 6.42 Å². The number of rotatable bonds is 1. The largest absolute Gasteiger partial charge is 0.393 e. The number of aliphatic hydroxyl groups excluding tert-OH is 1. The highest BCUT2D eigenvalue weighted by atomic mass is 16.3. The molecule has 14 heavy (non-hydrogen) atoms. The SMILES string of the molecule is CC1CC2CC(C)C(O)(CO)C(C1)C2. The van der Waals surface area contributed by atoms with Crippen LogP contribution in [-0.2, 0) is 0 Å². The topological polar surface area (TPSA) is 40.5 Å². The summed E-state index contributed by atoms with van der Waals surface area (Å²) in [7, 11) is 0. The summed E-state index contributed by atoms with van der Waals surface area (Å²) < 4.78 is 0. The van der Waals surface area contributed by atoms with E-state index in [4.69, 9.17) is 0 Å². The third-order valence-corrected chi connectivity index (χ3v) is 4.54. The van der Waals surface area contributed by atoms with Gasteiger partial charge in [-0.15, -0.1) is 0 Å². The second-order valence-electron chi connectivity index (χ2n) is 5.66. The first-order chi connectivity index (χ1) is 6.56. The maximum atomic E-state index is 10.4. The normalized spacial score (nSPS) is 53.1. The molecule has 5 atom stereocenters. The smallest absolute Gasteiger partial charge is 0.0930 e. The van der Waals surface area contributed by atoms with Crippen molar-refractivity contribution in [1.29, 1.82) is 0 Å². The molecule has 0 aromatic heterocycles. The molecule has 2 nitrogen and oxygen atoms in total. The van der Waals surface area contributed by atoms with Crippen molar-refractivity contribution in [3.8, 4) is 0 Å². The summed E-state index contributed by atoms with van der Waals surface area (Å²) in [5, 5.41) is 19.8. The van der Waals surface area contributed by atoms with Crippen molar-refractivity contribution in [2.24, 2.45) is 23.7 Å². The fraction of sp³-hybridized carbons (Fsp3) is 1.00. The van der Waals surface area contributed by atoms with Crippen molar-refractivity contribution >= 4 is 0 Å². The summed E-state index contributed by atoms with van der Waals surface area (Å²) >= 11 is 0. The van der Waals surface area contributed by atoms with Crippen LogP contribution in [0.25, 0.3) is 0 Å². The molecule has 2 N–H and O–H groups in total. The highest BCUT2D eigenvalue weighted by molar-refractivity contribution is 4.99. The predicted octanol–water partition coefficient (Wildman–Crippen LogP) is 1.80. The Balaban J connectivity index is 2.18. The van der Waals surface area contributed by atoms with E-state index in [0.717, 1.165) is 31.1 Å². The van der Waals surface area contributed by atoms with Gasteiger partial charge in [0, 0.05) is 0 Å². The van der Waals surface area contributed by atoms with Gasteiger partial charge < -0.3 is 10.2 Å². The molecule has 2 fully saturated rings. The lowest BCUT2D eigenvalue weighted by atomic mass is 9.58. The summed E-state index contributed by atoms with van der Waals surface area (Å²) in [6.45, 7) is 4.30. The number of hydrogen-bond donors (Lipinski definition) is 2. The second kappa shape index (κ2) is 3.49. The van der Waals surface area contributed by atoms with Crippen LogP contribution in [0.15, 0.2) is 0 Å². The van der Waals surface area contributed by atoms with E-state index < -0.39 is 5.60 Å². The zero-order valence-electron chi connectivity index (χ0n) is 9.24. The molecule has 0 aromatic carbocycles. The van der Waals surface area contributed by atoms with Crippen molar-refractivity contribution in [2.75, 3.05) is 6.61 Å². The van der Waals surface area contributed by atoms with Gasteiger partial charge in [-0.05, 0) is 49.4 Å². The maximum Gasteiger partial charge on any atom is 0.0930 e. The summed E-state index contributed by atoms with van der Waals surface area (Å²) in [6, 6.07) is 0. The molecular formula is C12H22O2. The van der Waals surface area contributed by atoms with Crippen LogP contribution in [0.3, 0.4) is 0 Å². The quantitative estimate of drug-likeness (QED) is 0.674. The third-order valence-electron chi connectivity index (χ3n) is 4.54. The van der Waals surface area contributed by atoms with Crippen LogP contribution < -0.4 is 0 Å². The molecule has 0 aromatic rings.